The molecule has 18 heavy (non-hydrogen) atoms. The van der Waals surface area contributed by atoms with E-state index < -0.39 is 0 Å². The number of carbonyl (C=O) groups is 1. The third-order valence-corrected chi connectivity index (χ3v) is 2.60. The van der Waals surface area contributed by atoms with E-state index in [9.17, 15) is 4.79 Å². The Bertz CT molecular complexity index is 549. The van der Waals surface area contributed by atoms with E-state index in [1.807, 2.05) is 38.4 Å². The number of para-hydroxylation sites is 2. The molecule has 1 heterocycles. The molecule has 0 radical (unpaired) electrons. The van der Waals surface area contributed by atoms with Crippen molar-refractivity contribution in [1.29, 1.82) is 0 Å². The average molecular weight is 245 g/mol. The summed E-state index contributed by atoms with van der Waals surface area (Å²) in [5.41, 5.74) is 2.63. The largest absolute Gasteiger partial charge is 0.487 e. The van der Waals surface area contributed by atoms with E-state index in [4.69, 9.17) is 4.74 Å². The van der Waals surface area contributed by atoms with Gasteiger partial charge in [0, 0.05) is 18.8 Å². The quantitative estimate of drug-likeness (QED) is 0.818. The van der Waals surface area contributed by atoms with Crippen molar-refractivity contribution in [1.82, 2.24) is 9.78 Å². The molecule has 0 aliphatic rings. The Morgan fingerprint density at radius 1 is 1.44 bits per heavy atom. The first-order chi connectivity index (χ1) is 8.70. The average Bonchev–Trinajstić information content (AvgIpc) is 2.67. The zero-order valence-electron chi connectivity index (χ0n) is 10.4. The SMILES string of the molecule is Cc1nn(C)cc1COc1ccccc1NC=O. The highest BCUT2D eigenvalue weighted by Gasteiger charge is 2.06. The van der Waals surface area contributed by atoms with Gasteiger partial charge in [0.2, 0.25) is 6.41 Å². The van der Waals surface area contributed by atoms with Crippen LogP contribution in [0.25, 0.3) is 0 Å². The molecule has 0 saturated heterocycles. The summed E-state index contributed by atoms with van der Waals surface area (Å²) in [6.45, 7) is 2.37. The highest BCUT2D eigenvalue weighted by Crippen LogP contribution is 2.24. The van der Waals surface area contributed by atoms with Crippen LogP contribution in [0.4, 0.5) is 5.69 Å². The molecule has 1 amide bonds. The van der Waals surface area contributed by atoms with Crippen molar-refractivity contribution < 1.29 is 9.53 Å². The van der Waals surface area contributed by atoms with Crippen LogP contribution in [0.2, 0.25) is 0 Å². The van der Waals surface area contributed by atoms with Gasteiger partial charge in [-0.05, 0) is 19.1 Å². The Hall–Kier alpha value is -2.30. The lowest BCUT2D eigenvalue weighted by Crippen LogP contribution is -2.01. The Morgan fingerprint density at radius 2 is 2.22 bits per heavy atom. The molecule has 5 heteroatoms. The molecular weight excluding hydrogens is 230 g/mol. The van der Waals surface area contributed by atoms with E-state index in [-0.39, 0.29) is 0 Å². The second kappa shape index (κ2) is 5.35. The van der Waals surface area contributed by atoms with Gasteiger partial charge in [-0.1, -0.05) is 12.1 Å². The van der Waals surface area contributed by atoms with Crippen molar-refractivity contribution in [2.45, 2.75) is 13.5 Å². The standard InChI is InChI=1S/C13H15N3O2/c1-10-11(7-16(2)15-10)8-18-13-6-4-3-5-12(13)14-9-17/h3-7,9H,8H2,1-2H3,(H,14,17). The lowest BCUT2D eigenvalue weighted by atomic mass is 10.2. The van der Waals surface area contributed by atoms with E-state index in [1.165, 1.54) is 0 Å². The van der Waals surface area contributed by atoms with Gasteiger partial charge < -0.3 is 10.1 Å². The van der Waals surface area contributed by atoms with Crippen LogP contribution in [-0.4, -0.2) is 16.2 Å². The number of aryl methyl sites for hydroxylation is 2. The fraction of sp³-hybridized carbons (Fsp3) is 0.231. The second-order valence-corrected chi connectivity index (χ2v) is 3.96. The fourth-order valence-corrected chi connectivity index (χ4v) is 1.72. The van der Waals surface area contributed by atoms with E-state index in [0.717, 1.165) is 11.3 Å². The first-order valence-corrected chi connectivity index (χ1v) is 5.62. The first-order valence-electron chi connectivity index (χ1n) is 5.62. The summed E-state index contributed by atoms with van der Waals surface area (Å²) in [6.07, 6.45) is 2.56. The fourth-order valence-electron chi connectivity index (χ4n) is 1.72. The molecule has 0 unspecified atom stereocenters. The normalized spacial score (nSPS) is 10.1. The smallest absolute Gasteiger partial charge is 0.211 e. The van der Waals surface area contributed by atoms with Crippen LogP contribution in [0, 0.1) is 6.92 Å². The van der Waals surface area contributed by atoms with E-state index in [2.05, 4.69) is 10.4 Å². The van der Waals surface area contributed by atoms with E-state index >= 15 is 0 Å². The number of anilines is 1. The van der Waals surface area contributed by atoms with Crippen molar-refractivity contribution >= 4 is 12.1 Å². The lowest BCUT2D eigenvalue weighted by Gasteiger charge is -2.09. The van der Waals surface area contributed by atoms with Gasteiger partial charge in [-0.25, -0.2) is 0 Å². The predicted molar refractivity (Wildman–Crippen MR) is 68.4 cm³/mol. The van der Waals surface area contributed by atoms with Crippen molar-refractivity contribution in [2.75, 3.05) is 5.32 Å². The van der Waals surface area contributed by atoms with Crippen LogP contribution >= 0.6 is 0 Å². The van der Waals surface area contributed by atoms with E-state index in [1.54, 1.807) is 10.7 Å². The minimum Gasteiger partial charge on any atom is -0.487 e. The molecule has 0 aliphatic heterocycles. The van der Waals surface area contributed by atoms with Crippen molar-refractivity contribution in [3.63, 3.8) is 0 Å². The third-order valence-electron chi connectivity index (χ3n) is 2.60. The van der Waals surface area contributed by atoms with Crippen LogP contribution in [0.3, 0.4) is 0 Å². The predicted octanol–water partition coefficient (Wildman–Crippen LogP) is 1.88. The van der Waals surface area contributed by atoms with Gasteiger partial charge >= 0.3 is 0 Å². The maximum atomic E-state index is 10.5. The van der Waals surface area contributed by atoms with Crippen molar-refractivity contribution in [2.24, 2.45) is 7.05 Å². The summed E-state index contributed by atoms with van der Waals surface area (Å²) in [7, 11) is 1.87. The van der Waals surface area contributed by atoms with Gasteiger partial charge in [0.05, 0.1) is 11.4 Å². The van der Waals surface area contributed by atoms with Gasteiger partial charge in [0.25, 0.3) is 0 Å². The second-order valence-electron chi connectivity index (χ2n) is 3.96. The number of hydrogen-bond acceptors (Lipinski definition) is 3. The molecule has 1 N–H and O–H groups in total. The Kier molecular flexibility index (Phi) is 3.62. The molecule has 1 aromatic carbocycles. The maximum absolute atomic E-state index is 10.5. The topological polar surface area (TPSA) is 56.1 Å². The zero-order valence-corrected chi connectivity index (χ0v) is 10.4. The molecule has 0 fully saturated rings. The Morgan fingerprint density at radius 3 is 2.89 bits per heavy atom. The number of nitrogens with one attached hydrogen (secondary N) is 1. The van der Waals surface area contributed by atoms with Crippen LogP contribution in [0.5, 0.6) is 5.75 Å². The summed E-state index contributed by atoms with van der Waals surface area (Å²) in [5, 5.41) is 6.85. The number of ether oxygens (including phenoxy) is 1. The summed E-state index contributed by atoms with van der Waals surface area (Å²) in [6, 6.07) is 7.31. The molecule has 0 spiro atoms. The van der Waals surface area contributed by atoms with Gasteiger partial charge in [-0.15, -0.1) is 0 Å². The minimum atomic E-state index is 0.428. The molecular formula is C13H15N3O2. The molecule has 0 saturated carbocycles. The monoisotopic (exact) mass is 245 g/mol. The molecule has 2 rings (SSSR count). The highest BCUT2D eigenvalue weighted by atomic mass is 16.5. The highest BCUT2D eigenvalue weighted by molar-refractivity contribution is 5.75. The van der Waals surface area contributed by atoms with Gasteiger partial charge in [0.15, 0.2) is 0 Å². The van der Waals surface area contributed by atoms with Crippen molar-refractivity contribution in [3.05, 3.63) is 41.7 Å². The number of carbonyl (C=O) groups excluding carboxylic acids is 1. The zero-order chi connectivity index (χ0) is 13.0. The number of nitrogens with zero attached hydrogens (tertiary/aromatic N) is 2. The molecule has 0 aliphatic carbocycles. The van der Waals surface area contributed by atoms with Gasteiger partial charge in [-0.2, -0.15) is 5.10 Å². The van der Waals surface area contributed by atoms with Crippen LogP contribution < -0.4 is 10.1 Å². The summed E-state index contributed by atoms with van der Waals surface area (Å²) in [5.74, 6) is 0.646. The number of amides is 1. The van der Waals surface area contributed by atoms with Crippen LogP contribution in [0.15, 0.2) is 30.5 Å². The molecule has 94 valence electrons. The third kappa shape index (κ3) is 2.68. The number of hydrogen-bond donors (Lipinski definition) is 1. The molecule has 5 nitrogen and oxygen atoms in total. The number of rotatable bonds is 5. The summed E-state index contributed by atoms with van der Waals surface area (Å²) >= 11 is 0. The summed E-state index contributed by atoms with van der Waals surface area (Å²) < 4.78 is 7.45. The van der Waals surface area contributed by atoms with Crippen molar-refractivity contribution in [3.8, 4) is 5.75 Å². The maximum Gasteiger partial charge on any atom is 0.211 e. The van der Waals surface area contributed by atoms with Gasteiger partial charge in [-0.3, -0.25) is 9.48 Å². The molecule has 1 aromatic heterocycles. The molecule has 0 bridgehead atoms. The number of benzene rings is 1. The Balaban J connectivity index is 2.10. The van der Waals surface area contributed by atoms with Crippen LogP contribution in [-0.2, 0) is 18.4 Å². The minimum absolute atomic E-state index is 0.428. The first kappa shape index (κ1) is 12.2. The van der Waals surface area contributed by atoms with Gasteiger partial charge in [0.1, 0.15) is 12.4 Å². The summed E-state index contributed by atoms with van der Waals surface area (Å²) in [4.78, 5) is 10.5. The molecule has 0 atom stereocenters. The molecule has 2 aromatic rings. The lowest BCUT2D eigenvalue weighted by molar-refractivity contribution is -0.105. The van der Waals surface area contributed by atoms with E-state index in [0.29, 0.717) is 24.5 Å². The number of aromatic nitrogens is 2. The Labute approximate surface area is 105 Å². The van der Waals surface area contributed by atoms with Crippen LogP contribution in [0.1, 0.15) is 11.3 Å².